The smallest absolute Gasteiger partial charge is 0.387 e. The van der Waals surface area contributed by atoms with Crippen LogP contribution in [0.5, 0.6) is 5.75 Å². The number of morpholine rings is 1. The average molecular weight is 257 g/mol. The maximum Gasteiger partial charge on any atom is 0.387 e. The molecule has 100 valence electrons. The Labute approximate surface area is 105 Å². The number of benzene rings is 1. The van der Waals surface area contributed by atoms with Crippen molar-refractivity contribution in [1.82, 2.24) is 5.32 Å². The van der Waals surface area contributed by atoms with Crippen LogP contribution in [0.15, 0.2) is 24.3 Å². The highest BCUT2D eigenvalue weighted by molar-refractivity contribution is 5.30. The van der Waals surface area contributed by atoms with Crippen LogP contribution in [-0.4, -0.2) is 25.3 Å². The molecule has 0 aromatic heterocycles. The number of hydrogen-bond acceptors (Lipinski definition) is 3. The second kappa shape index (κ2) is 5.20. The molecular weight excluding hydrogens is 240 g/mol. The highest BCUT2D eigenvalue weighted by Gasteiger charge is 2.27. The summed E-state index contributed by atoms with van der Waals surface area (Å²) >= 11 is 0. The first-order valence-corrected chi connectivity index (χ1v) is 5.88. The Hall–Kier alpha value is -1.20. The van der Waals surface area contributed by atoms with Gasteiger partial charge in [0.05, 0.1) is 12.7 Å². The normalized spacial score (nSPS) is 23.1. The molecule has 0 saturated carbocycles. The summed E-state index contributed by atoms with van der Waals surface area (Å²) in [7, 11) is 0. The molecule has 18 heavy (non-hydrogen) atoms. The van der Waals surface area contributed by atoms with Gasteiger partial charge < -0.3 is 14.8 Å². The summed E-state index contributed by atoms with van der Waals surface area (Å²) in [4.78, 5) is 0. The van der Waals surface area contributed by atoms with E-state index < -0.39 is 6.61 Å². The van der Waals surface area contributed by atoms with Gasteiger partial charge in [-0.2, -0.15) is 8.78 Å². The van der Waals surface area contributed by atoms with E-state index in [2.05, 4.69) is 23.9 Å². The van der Waals surface area contributed by atoms with E-state index in [1.165, 1.54) is 6.07 Å². The van der Waals surface area contributed by atoms with Crippen LogP contribution in [0, 0.1) is 0 Å². The Morgan fingerprint density at radius 3 is 2.83 bits per heavy atom. The van der Waals surface area contributed by atoms with Gasteiger partial charge in [-0.1, -0.05) is 12.1 Å². The molecule has 1 atom stereocenters. The lowest BCUT2D eigenvalue weighted by Crippen LogP contribution is -2.50. The van der Waals surface area contributed by atoms with E-state index >= 15 is 0 Å². The molecule has 1 N–H and O–H groups in total. The monoisotopic (exact) mass is 257 g/mol. The lowest BCUT2D eigenvalue weighted by atomic mass is 10.0. The van der Waals surface area contributed by atoms with Crippen molar-refractivity contribution in [3.8, 4) is 5.75 Å². The molecule has 1 saturated heterocycles. The second-order valence-electron chi connectivity index (χ2n) is 5.02. The zero-order valence-electron chi connectivity index (χ0n) is 10.5. The van der Waals surface area contributed by atoms with Gasteiger partial charge in [0.1, 0.15) is 5.75 Å². The predicted octanol–water partition coefficient (Wildman–Crippen LogP) is 2.73. The fourth-order valence-electron chi connectivity index (χ4n) is 1.89. The van der Waals surface area contributed by atoms with Gasteiger partial charge >= 0.3 is 6.61 Å². The molecule has 1 heterocycles. The topological polar surface area (TPSA) is 30.5 Å². The molecule has 0 bridgehead atoms. The van der Waals surface area contributed by atoms with Gasteiger partial charge in [0.2, 0.25) is 0 Å². The molecule has 0 aliphatic carbocycles. The quantitative estimate of drug-likeness (QED) is 0.903. The molecule has 0 radical (unpaired) electrons. The van der Waals surface area contributed by atoms with Crippen molar-refractivity contribution in [2.75, 3.05) is 13.2 Å². The lowest BCUT2D eigenvalue weighted by molar-refractivity contribution is -0.0504. The van der Waals surface area contributed by atoms with Crippen LogP contribution >= 0.6 is 0 Å². The third kappa shape index (κ3) is 3.40. The van der Waals surface area contributed by atoms with E-state index in [9.17, 15) is 8.78 Å². The summed E-state index contributed by atoms with van der Waals surface area (Å²) in [5, 5.41) is 3.35. The molecule has 1 aromatic rings. The highest BCUT2D eigenvalue weighted by atomic mass is 19.3. The number of ether oxygens (including phenoxy) is 2. The van der Waals surface area contributed by atoms with Crippen molar-refractivity contribution < 1.29 is 18.3 Å². The number of rotatable bonds is 3. The van der Waals surface area contributed by atoms with Gasteiger partial charge in [0.15, 0.2) is 0 Å². The first kappa shape index (κ1) is 13.2. The number of halogens is 2. The molecule has 3 nitrogen and oxygen atoms in total. The standard InChI is InChI=1S/C13H17F2NO2/c1-13(2)8-17-11(7-16-13)9-4-3-5-10(6-9)18-12(14)15/h3-6,11-12,16H,7-8H2,1-2H3. The molecule has 1 aromatic carbocycles. The first-order chi connectivity index (χ1) is 8.46. The van der Waals surface area contributed by atoms with Gasteiger partial charge in [-0.15, -0.1) is 0 Å². The van der Waals surface area contributed by atoms with Crippen LogP contribution in [0.2, 0.25) is 0 Å². The Morgan fingerprint density at radius 2 is 2.22 bits per heavy atom. The van der Waals surface area contributed by atoms with Crippen molar-refractivity contribution >= 4 is 0 Å². The van der Waals surface area contributed by atoms with Crippen molar-refractivity contribution in [3.05, 3.63) is 29.8 Å². The van der Waals surface area contributed by atoms with Gasteiger partial charge in [-0.3, -0.25) is 0 Å². The summed E-state index contributed by atoms with van der Waals surface area (Å²) < 4.78 is 34.4. The van der Waals surface area contributed by atoms with E-state index in [1.807, 2.05) is 6.07 Å². The van der Waals surface area contributed by atoms with Crippen molar-refractivity contribution in [1.29, 1.82) is 0 Å². The van der Waals surface area contributed by atoms with Crippen molar-refractivity contribution in [3.63, 3.8) is 0 Å². The van der Waals surface area contributed by atoms with Crippen LogP contribution in [-0.2, 0) is 4.74 Å². The molecule has 0 amide bonds. The third-order valence-corrected chi connectivity index (χ3v) is 2.87. The fraction of sp³-hybridized carbons (Fsp3) is 0.538. The molecule has 1 aliphatic rings. The van der Waals surface area contributed by atoms with Gasteiger partial charge in [-0.05, 0) is 31.5 Å². The van der Waals surface area contributed by atoms with Crippen LogP contribution in [0.4, 0.5) is 8.78 Å². The number of nitrogens with one attached hydrogen (secondary N) is 1. The fourth-order valence-corrected chi connectivity index (χ4v) is 1.89. The zero-order valence-corrected chi connectivity index (χ0v) is 10.5. The minimum Gasteiger partial charge on any atom is -0.435 e. The van der Waals surface area contributed by atoms with Crippen LogP contribution in [0.25, 0.3) is 0 Å². The summed E-state index contributed by atoms with van der Waals surface area (Å²) in [6, 6.07) is 6.64. The van der Waals surface area contributed by atoms with Gasteiger partial charge in [0.25, 0.3) is 0 Å². The summed E-state index contributed by atoms with van der Waals surface area (Å²) in [5.74, 6) is 0.163. The molecule has 1 aliphatic heterocycles. The van der Waals surface area contributed by atoms with E-state index in [1.54, 1.807) is 12.1 Å². The summed E-state index contributed by atoms with van der Waals surface area (Å²) in [5.41, 5.74) is 0.796. The average Bonchev–Trinajstić information content (AvgIpc) is 2.28. The van der Waals surface area contributed by atoms with Crippen LogP contribution in [0.3, 0.4) is 0 Å². The van der Waals surface area contributed by atoms with Crippen molar-refractivity contribution in [2.45, 2.75) is 32.1 Å². The molecule has 2 rings (SSSR count). The number of hydrogen-bond donors (Lipinski definition) is 1. The number of alkyl halides is 2. The largest absolute Gasteiger partial charge is 0.435 e. The Kier molecular flexibility index (Phi) is 3.82. The minimum absolute atomic E-state index is 0.0480. The molecular formula is C13H17F2NO2. The minimum atomic E-state index is -2.80. The summed E-state index contributed by atoms with van der Waals surface area (Å²) in [6.07, 6.45) is -0.126. The highest BCUT2D eigenvalue weighted by Crippen LogP contribution is 2.26. The van der Waals surface area contributed by atoms with E-state index in [0.29, 0.717) is 13.2 Å². The Bertz CT molecular complexity index is 400. The van der Waals surface area contributed by atoms with Gasteiger partial charge in [-0.25, -0.2) is 0 Å². The van der Waals surface area contributed by atoms with E-state index in [4.69, 9.17) is 4.74 Å². The summed E-state index contributed by atoms with van der Waals surface area (Å²) in [6.45, 7) is 2.55. The van der Waals surface area contributed by atoms with Gasteiger partial charge in [0, 0.05) is 12.1 Å². The van der Waals surface area contributed by atoms with Crippen LogP contribution < -0.4 is 10.1 Å². The Balaban J connectivity index is 2.05. The maximum atomic E-state index is 12.1. The molecule has 1 unspecified atom stereocenters. The Morgan fingerprint density at radius 1 is 1.44 bits per heavy atom. The van der Waals surface area contributed by atoms with Crippen molar-refractivity contribution in [2.24, 2.45) is 0 Å². The molecule has 5 heteroatoms. The third-order valence-electron chi connectivity index (χ3n) is 2.87. The zero-order chi connectivity index (χ0) is 13.2. The van der Waals surface area contributed by atoms with Crippen LogP contribution in [0.1, 0.15) is 25.5 Å². The molecule has 0 spiro atoms. The SMILES string of the molecule is CC1(C)COC(c2cccc(OC(F)F)c2)CN1. The predicted molar refractivity (Wildman–Crippen MR) is 63.8 cm³/mol. The lowest BCUT2D eigenvalue weighted by Gasteiger charge is -2.36. The van der Waals surface area contributed by atoms with E-state index in [0.717, 1.165) is 5.56 Å². The first-order valence-electron chi connectivity index (χ1n) is 5.88. The second-order valence-corrected chi connectivity index (χ2v) is 5.02. The maximum absolute atomic E-state index is 12.1. The van der Waals surface area contributed by atoms with E-state index in [-0.39, 0.29) is 17.4 Å². The molecule has 1 fully saturated rings.